The average molecular weight is 128 g/mol. The minimum absolute atomic E-state index is 0.300. The van der Waals surface area contributed by atoms with Crippen molar-refractivity contribution in [2.45, 2.75) is 32.6 Å². The molecule has 0 fully saturated rings. The topological polar surface area (TPSA) is 43.1 Å². The summed E-state index contributed by atoms with van der Waals surface area (Å²) in [5.74, 6) is -0.300. The summed E-state index contributed by atoms with van der Waals surface area (Å²) in [7, 11) is 0. The van der Waals surface area contributed by atoms with Crippen LogP contribution in [0.25, 0.3) is 0 Å². The second-order valence-corrected chi connectivity index (χ2v) is 2.10. The lowest BCUT2D eigenvalue weighted by Gasteiger charge is -1.93. The van der Waals surface area contributed by atoms with Crippen LogP contribution in [0.4, 0.5) is 0 Å². The highest BCUT2D eigenvalue weighted by Crippen LogP contribution is 1.99. The molecule has 2 N–H and O–H groups in total. The standard InChI is InChI=1S/C7H14NO/c1-2-3-4-5-6-7(8)9/h6H,2-5H2,1H3,(H2,8,9). The first-order chi connectivity index (χ1) is 4.27. The van der Waals surface area contributed by atoms with E-state index in [2.05, 4.69) is 6.92 Å². The van der Waals surface area contributed by atoms with Crippen molar-refractivity contribution in [1.82, 2.24) is 0 Å². The Kier molecular flexibility index (Phi) is 5.27. The van der Waals surface area contributed by atoms with E-state index in [-0.39, 0.29) is 5.91 Å². The molecule has 0 spiro atoms. The maximum absolute atomic E-state index is 10.1. The molecule has 2 nitrogen and oxygen atoms in total. The van der Waals surface area contributed by atoms with E-state index in [4.69, 9.17) is 5.73 Å². The predicted molar refractivity (Wildman–Crippen MR) is 37.6 cm³/mol. The number of hydrogen-bond donors (Lipinski definition) is 1. The monoisotopic (exact) mass is 128 g/mol. The van der Waals surface area contributed by atoms with E-state index < -0.39 is 0 Å². The quantitative estimate of drug-likeness (QED) is 0.556. The van der Waals surface area contributed by atoms with E-state index in [9.17, 15) is 4.79 Å². The summed E-state index contributed by atoms with van der Waals surface area (Å²) in [4.78, 5) is 10.1. The highest BCUT2D eigenvalue weighted by molar-refractivity contribution is 5.82. The molecule has 0 aromatic heterocycles. The molecular formula is C7H14NO. The number of nitrogens with two attached hydrogens (primary N) is 1. The molecule has 0 unspecified atom stereocenters. The summed E-state index contributed by atoms with van der Waals surface area (Å²) < 4.78 is 0. The van der Waals surface area contributed by atoms with Crippen LogP contribution in [0.2, 0.25) is 0 Å². The summed E-state index contributed by atoms with van der Waals surface area (Å²) in [6.07, 6.45) is 5.83. The molecule has 0 rings (SSSR count). The van der Waals surface area contributed by atoms with E-state index in [1.165, 1.54) is 19.3 Å². The van der Waals surface area contributed by atoms with Crippen LogP contribution in [0.15, 0.2) is 0 Å². The number of unbranched alkanes of at least 4 members (excludes halogenated alkanes) is 3. The van der Waals surface area contributed by atoms with Crippen LogP contribution in [-0.4, -0.2) is 5.91 Å². The summed E-state index contributed by atoms with van der Waals surface area (Å²) in [5, 5.41) is 0. The minimum Gasteiger partial charge on any atom is -0.369 e. The van der Waals surface area contributed by atoms with E-state index in [1.54, 1.807) is 0 Å². The molecule has 0 aliphatic carbocycles. The number of carbonyl (C=O) groups is 1. The molecule has 1 radical (unpaired) electrons. The Morgan fingerprint density at radius 3 is 2.67 bits per heavy atom. The van der Waals surface area contributed by atoms with Crippen LogP contribution < -0.4 is 5.73 Å². The number of amides is 1. The molecule has 2 heteroatoms. The van der Waals surface area contributed by atoms with Crippen LogP contribution >= 0.6 is 0 Å². The molecule has 1 amide bonds. The molecule has 0 aromatic rings. The van der Waals surface area contributed by atoms with Crippen LogP contribution in [-0.2, 0) is 4.79 Å². The number of primary amides is 1. The Bertz CT molecular complexity index is 81.0. The van der Waals surface area contributed by atoms with Crippen molar-refractivity contribution in [3.63, 3.8) is 0 Å². The zero-order valence-electron chi connectivity index (χ0n) is 5.89. The number of rotatable bonds is 5. The first-order valence-electron chi connectivity index (χ1n) is 3.40. The molecule has 0 atom stereocenters. The molecule has 0 saturated heterocycles. The molecule has 9 heavy (non-hydrogen) atoms. The average Bonchev–Trinajstić information content (AvgIpc) is 1.80. The largest absolute Gasteiger partial charge is 0.369 e. The van der Waals surface area contributed by atoms with E-state index in [0.29, 0.717) is 0 Å². The lowest BCUT2D eigenvalue weighted by molar-refractivity contribution is -0.115. The van der Waals surface area contributed by atoms with Gasteiger partial charge in [0.1, 0.15) is 0 Å². The van der Waals surface area contributed by atoms with Gasteiger partial charge in [-0.15, -0.1) is 0 Å². The Hall–Kier alpha value is -0.530. The van der Waals surface area contributed by atoms with Crippen molar-refractivity contribution in [2.75, 3.05) is 0 Å². The van der Waals surface area contributed by atoms with E-state index in [1.807, 2.05) is 0 Å². The Morgan fingerprint density at radius 2 is 2.22 bits per heavy atom. The second-order valence-electron chi connectivity index (χ2n) is 2.10. The maximum atomic E-state index is 10.1. The van der Waals surface area contributed by atoms with Crippen molar-refractivity contribution in [1.29, 1.82) is 0 Å². The molecule has 0 saturated carbocycles. The summed E-state index contributed by atoms with van der Waals surface area (Å²) in [6, 6.07) is 0. The molecule has 0 bridgehead atoms. The lowest BCUT2D eigenvalue weighted by Crippen LogP contribution is -2.10. The van der Waals surface area contributed by atoms with Gasteiger partial charge in [-0.05, 0) is 6.42 Å². The molecule has 0 heterocycles. The molecule has 0 aliphatic rings. The van der Waals surface area contributed by atoms with E-state index >= 15 is 0 Å². The molecular weight excluding hydrogens is 114 g/mol. The second kappa shape index (κ2) is 5.60. The van der Waals surface area contributed by atoms with Gasteiger partial charge >= 0.3 is 0 Å². The van der Waals surface area contributed by atoms with Crippen molar-refractivity contribution in [3.05, 3.63) is 6.42 Å². The van der Waals surface area contributed by atoms with Gasteiger partial charge in [-0.1, -0.05) is 26.2 Å². The third kappa shape index (κ3) is 7.47. The van der Waals surface area contributed by atoms with Crippen LogP contribution in [0, 0.1) is 6.42 Å². The number of carbonyl (C=O) groups excluding carboxylic acids is 1. The SMILES string of the molecule is CCCCC[CH]C(N)=O. The predicted octanol–water partition coefficient (Wildman–Crippen LogP) is 1.26. The van der Waals surface area contributed by atoms with Crippen LogP contribution in [0.5, 0.6) is 0 Å². The lowest BCUT2D eigenvalue weighted by atomic mass is 10.1. The molecule has 53 valence electrons. The maximum Gasteiger partial charge on any atom is 0.221 e. The Morgan fingerprint density at radius 1 is 1.56 bits per heavy atom. The third-order valence-electron chi connectivity index (χ3n) is 1.15. The number of hydrogen-bond acceptors (Lipinski definition) is 1. The highest BCUT2D eigenvalue weighted by Gasteiger charge is 1.92. The fourth-order valence-corrected chi connectivity index (χ4v) is 0.639. The van der Waals surface area contributed by atoms with Gasteiger partial charge in [0.25, 0.3) is 0 Å². The van der Waals surface area contributed by atoms with Gasteiger partial charge in [-0.2, -0.15) is 0 Å². The minimum atomic E-state index is -0.300. The van der Waals surface area contributed by atoms with Gasteiger partial charge in [-0.3, -0.25) is 4.79 Å². The zero-order valence-corrected chi connectivity index (χ0v) is 5.89. The zero-order chi connectivity index (χ0) is 7.11. The fraction of sp³-hybridized carbons (Fsp3) is 0.714. The van der Waals surface area contributed by atoms with Crippen molar-refractivity contribution < 1.29 is 4.79 Å². The summed E-state index contributed by atoms with van der Waals surface area (Å²) >= 11 is 0. The van der Waals surface area contributed by atoms with Crippen molar-refractivity contribution >= 4 is 5.91 Å². The van der Waals surface area contributed by atoms with Gasteiger partial charge in [0.05, 0.1) is 0 Å². The van der Waals surface area contributed by atoms with Gasteiger partial charge < -0.3 is 5.73 Å². The van der Waals surface area contributed by atoms with Crippen LogP contribution in [0.3, 0.4) is 0 Å². The Labute approximate surface area is 56.4 Å². The van der Waals surface area contributed by atoms with Crippen molar-refractivity contribution in [3.8, 4) is 0 Å². The van der Waals surface area contributed by atoms with E-state index in [0.717, 1.165) is 12.8 Å². The first kappa shape index (κ1) is 8.47. The smallest absolute Gasteiger partial charge is 0.221 e. The van der Waals surface area contributed by atoms with Gasteiger partial charge in [0, 0.05) is 6.42 Å². The fourth-order valence-electron chi connectivity index (χ4n) is 0.639. The molecule has 0 aromatic carbocycles. The summed E-state index contributed by atoms with van der Waals surface area (Å²) in [6.45, 7) is 2.13. The molecule has 0 aliphatic heterocycles. The van der Waals surface area contributed by atoms with Crippen molar-refractivity contribution in [2.24, 2.45) is 5.73 Å². The van der Waals surface area contributed by atoms with Gasteiger partial charge in [0.2, 0.25) is 5.91 Å². The third-order valence-corrected chi connectivity index (χ3v) is 1.15. The van der Waals surface area contributed by atoms with Crippen LogP contribution in [0.1, 0.15) is 32.6 Å². The normalized spacial score (nSPS) is 9.44. The Balaban J connectivity index is 2.83. The first-order valence-corrected chi connectivity index (χ1v) is 3.40. The van der Waals surface area contributed by atoms with Gasteiger partial charge in [-0.25, -0.2) is 0 Å². The summed E-state index contributed by atoms with van der Waals surface area (Å²) in [5.41, 5.74) is 4.88. The van der Waals surface area contributed by atoms with Gasteiger partial charge in [0.15, 0.2) is 0 Å². The highest BCUT2D eigenvalue weighted by atomic mass is 16.1.